The molecule has 0 aromatic rings. The van der Waals surface area contributed by atoms with E-state index in [1.807, 2.05) is 6.92 Å². The fourth-order valence-electron chi connectivity index (χ4n) is 3.76. The van der Waals surface area contributed by atoms with Crippen molar-refractivity contribution in [2.24, 2.45) is 0 Å². The van der Waals surface area contributed by atoms with E-state index in [-0.39, 0.29) is 5.97 Å². The van der Waals surface area contributed by atoms with Crippen LogP contribution in [0.4, 0.5) is 0 Å². The van der Waals surface area contributed by atoms with Gasteiger partial charge in [-0.3, -0.25) is 9.69 Å². The molecular formula is C16H30N2O3. The molecule has 3 unspecified atom stereocenters. The van der Waals surface area contributed by atoms with Crippen LogP contribution in [0.25, 0.3) is 0 Å². The summed E-state index contributed by atoms with van der Waals surface area (Å²) in [5, 5.41) is 3.43. The lowest BCUT2D eigenvalue weighted by molar-refractivity contribution is -0.154. The highest BCUT2D eigenvalue weighted by atomic mass is 16.5. The van der Waals surface area contributed by atoms with Crippen LogP contribution in [0.15, 0.2) is 0 Å². The fraction of sp³-hybridized carbons (Fsp3) is 0.938. The molecule has 1 heterocycles. The second kappa shape index (κ2) is 7.56. The van der Waals surface area contributed by atoms with Crippen LogP contribution < -0.4 is 5.32 Å². The van der Waals surface area contributed by atoms with E-state index < -0.39 is 5.54 Å². The lowest BCUT2D eigenvalue weighted by Crippen LogP contribution is -2.59. The summed E-state index contributed by atoms with van der Waals surface area (Å²) in [4.78, 5) is 14.9. The first-order valence-electron chi connectivity index (χ1n) is 8.35. The van der Waals surface area contributed by atoms with Crippen LogP contribution in [0.5, 0.6) is 0 Å². The highest BCUT2D eigenvalue weighted by Crippen LogP contribution is 2.33. The summed E-state index contributed by atoms with van der Waals surface area (Å²) in [6.07, 6.45) is 5.03. The zero-order chi connectivity index (χ0) is 15.3. The molecule has 2 fully saturated rings. The summed E-state index contributed by atoms with van der Waals surface area (Å²) < 4.78 is 10.9. The van der Waals surface area contributed by atoms with Gasteiger partial charge >= 0.3 is 5.97 Å². The van der Waals surface area contributed by atoms with E-state index in [0.717, 1.165) is 51.9 Å². The monoisotopic (exact) mass is 298 g/mol. The Bertz CT molecular complexity index is 340. The number of hydrogen-bond donors (Lipinski definition) is 1. The summed E-state index contributed by atoms with van der Waals surface area (Å²) >= 11 is 0. The van der Waals surface area contributed by atoms with Crippen molar-refractivity contribution < 1.29 is 14.3 Å². The average Bonchev–Trinajstić information content (AvgIpc) is 3.01. The van der Waals surface area contributed by atoms with Crippen molar-refractivity contribution in [3.8, 4) is 0 Å². The fourth-order valence-corrected chi connectivity index (χ4v) is 3.76. The normalized spacial score (nSPS) is 33.3. The van der Waals surface area contributed by atoms with Crippen molar-refractivity contribution in [3.05, 3.63) is 0 Å². The topological polar surface area (TPSA) is 50.8 Å². The summed E-state index contributed by atoms with van der Waals surface area (Å²) in [6, 6.07) is 0.920. The Kier molecular flexibility index (Phi) is 6.02. The van der Waals surface area contributed by atoms with E-state index in [9.17, 15) is 4.79 Å². The van der Waals surface area contributed by atoms with Gasteiger partial charge in [-0.15, -0.1) is 0 Å². The molecule has 0 spiro atoms. The van der Waals surface area contributed by atoms with Gasteiger partial charge in [0, 0.05) is 18.7 Å². The van der Waals surface area contributed by atoms with Gasteiger partial charge in [0.05, 0.1) is 13.2 Å². The SMILES string of the molecule is CCNC1(C(=O)OCC)CCCC(N(C)C2CCOC2)C1. The molecule has 0 aromatic carbocycles. The maximum absolute atomic E-state index is 12.5. The molecule has 1 saturated carbocycles. The number of nitrogens with zero attached hydrogens (tertiary/aromatic N) is 1. The molecule has 5 heteroatoms. The van der Waals surface area contributed by atoms with E-state index in [0.29, 0.717) is 18.7 Å². The number of likely N-dealkylation sites (N-methyl/N-ethyl adjacent to an activating group) is 2. The van der Waals surface area contributed by atoms with Gasteiger partial charge in [-0.2, -0.15) is 0 Å². The molecule has 2 rings (SSSR count). The maximum atomic E-state index is 12.5. The predicted molar refractivity (Wildman–Crippen MR) is 82.3 cm³/mol. The van der Waals surface area contributed by atoms with Crippen LogP contribution in [0.2, 0.25) is 0 Å². The van der Waals surface area contributed by atoms with Gasteiger partial charge < -0.3 is 14.8 Å². The number of ether oxygens (including phenoxy) is 2. The van der Waals surface area contributed by atoms with Crippen molar-refractivity contribution in [2.45, 2.75) is 63.6 Å². The first-order chi connectivity index (χ1) is 10.1. The van der Waals surface area contributed by atoms with Crippen LogP contribution in [0.3, 0.4) is 0 Å². The van der Waals surface area contributed by atoms with Gasteiger partial charge in [0.1, 0.15) is 5.54 Å². The molecule has 0 bridgehead atoms. The van der Waals surface area contributed by atoms with E-state index in [4.69, 9.17) is 9.47 Å². The van der Waals surface area contributed by atoms with Crippen LogP contribution in [-0.4, -0.2) is 61.9 Å². The van der Waals surface area contributed by atoms with Crippen LogP contribution in [0, 0.1) is 0 Å². The smallest absolute Gasteiger partial charge is 0.326 e. The molecule has 3 atom stereocenters. The molecule has 21 heavy (non-hydrogen) atoms. The molecule has 1 aliphatic heterocycles. The van der Waals surface area contributed by atoms with Crippen molar-refractivity contribution >= 4 is 5.97 Å². The Morgan fingerprint density at radius 1 is 1.38 bits per heavy atom. The quantitative estimate of drug-likeness (QED) is 0.754. The molecule has 1 saturated heterocycles. The number of rotatable bonds is 6. The molecule has 0 amide bonds. The average molecular weight is 298 g/mol. The maximum Gasteiger partial charge on any atom is 0.326 e. The molecule has 1 N–H and O–H groups in total. The number of nitrogens with one attached hydrogen (secondary N) is 1. The molecule has 122 valence electrons. The van der Waals surface area contributed by atoms with Crippen LogP contribution >= 0.6 is 0 Å². The van der Waals surface area contributed by atoms with Crippen molar-refractivity contribution in [2.75, 3.05) is 33.4 Å². The second-order valence-electron chi connectivity index (χ2n) is 6.27. The second-order valence-corrected chi connectivity index (χ2v) is 6.27. The minimum Gasteiger partial charge on any atom is -0.465 e. The summed E-state index contributed by atoms with van der Waals surface area (Å²) in [5.41, 5.74) is -0.499. The zero-order valence-electron chi connectivity index (χ0n) is 13.7. The molecule has 2 aliphatic rings. The van der Waals surface area contributed by atoms with E-state index in [2.05, 4.69) is 24.2 Å². The number of esters is 1. The third kappa shape index (κ3) is 3.76. The van der Waals surface area contributed by atoms with Gasteiger partial charge in [-0.25, -0.2) is 0 Å². The Labute approximate surface area is 128 Å². The van der Waals surface area contributed by atoms with E-state index in [1.54, 1.807) is 0 Å². The Balaban J connectivity index is 2.06. The Hall–Kier alpha value is -0.650. The molecule has 1 aliphatic carbocycles. The minimum absolute atomic E-state index is 0.0763. The molecule has 5 nitrogen and oxygen atoms in total. The number of carbonyl (C=O) groups is 1. The van der Waals surface area contributed by atoms with Gasteiger partial charge in [-0.05, 0) is 52.6 Å². The minimum atomic E-state index is -0.499. The summed E-state index contributed by atoms with van der Waals surface area (Å²) in [7, 11) is 2.18. The van der Waals surface area contributed by atoms with Gasteiger partial charge in [0.2, 0.25) is 0 Å². The molecule has 0 aromatic heterocycles. The Morgan fingerprint density at radius 3 is 2.81 bits per heavy atom. The van der Waals surface area contributed by atoms with Crippen LogP contribution in [-0.2, 0) is 14.3 Å². The highest BCUT2D eigenvalue weighted by Gasteiger charge is 2.45. The first-order valence-corrected chi connectivity index (χ1v) is 8.35. The zero-order valence-corrected chi connectivity index (χ0v) is 13.7. The molecule has 0 radical (unpaired) electrons. The lowest BCUT2D eigenvalue weighted by Gasteiger charge is -2.44. The lowest BCUT2D eigenvalue weighted by atomic mass is 9.78. The first kappa shape index (κ1) is 16.7. The Morgan fingerprint density at radius 2 is 2.19 bits per heavy atom. The van der Waals surface area contributed by atoms with Crippen molar-refractivity contribution in [1.29, 1.82) is 0 Å². The molecular weight excluding hydrogens is 268 g/mol. The van der Waals surface area contributed by atoms with Gasteiger partial charge in [0.15, 0.2) is 0 Å². The number of hydrogen-bond acceptors (Lipinski definition) is 5. The van der Waals surface area contributed by atoms with Gasteiger partial charge in [0.25, 0.3) is 0 Å². The van der Waals surface area contributed by atoms with Crippen LogP contribution in [0.1, 0.15) is 46.0 Å². The van der Waals surface area contributed by atoms with E-state index in [1.165, 1.54) is 0 Å². The number of carbonyl (C=O) groups excluding carboxylic acids is 1. The van der Waals surface area contributed by atoms with E-state index >= 15 is 0 Å². The third-order valence-electron chi connectivity index (χ3n) is 4.96. The van der Waals surface area contributed by atoms with Crippen molar-refractivity contribution in [1.82, 2.24) is 10.2 Å². The predicted octanol–water partition coefficient (Wildman–Crippen LogP) is 1.56. The summed E-state index contributed by atoms with van der Waals surface area (Å²) in [6.45, 7) is 6.85. The summed E-state index contributed by atoms with van der Waals surface area (Å²) in [5.74, 6) is -0.0763. The standard InChI is InChI=1S/C16H30N2O3/c1-4-17-16(15(19)21-5-2)9-6-7-13(11-16)18(3)14-8-10-20-12-14/h13-14,17H,4-12H2,1-3H3. The van der Waals surface area contributed by atoms with Gasteiger partial charge in [-0.1, -0.05) is 6.92 Å². The highest BCUT2D eigenvalue weighted by molar-refractivity contribution is 5.81. The largest absolute Gasteiger partial charge is 0.465 e. The van der Waals surface area contributed by atoms with Crippen molar-refractivity contribution in [3.63, 3.8) is 0 Å². The third-order valence-corrected chi connectivity index (χ3v) is 4.96.